The zero-order chi connectivity index (χ0) is 27.1. The van der Waals surface area contributed by atoms with Crippen molar-refractivity contribution in [3.05, 3.63) is 82.9 Å². The van der Waals surface area contributed by atoms with E-state index in [1.54, 1.807) is 18.2 Å². The second-order valence-corrected chi connectivity index (χ2v) is 9.72. The Morgan fingerprint density at radius 3 is 2.55 bits per heavy atom. The first kappa shape index (κ1) is 25.8. The van der Waals surface area contributed by atoms with Crippen molar-refractivity contribution in [1.29, 1.82) is 0 Å². The number of halogens is 4. The molecule has 0 bridgehead atoms. The summed E-state index contributed by atoms with van der Waals surface area (Å²) in [5.74, 6) is -0.969. The van der Waals surface area contributed by atoms with Crippen LogP contribution in [0, 0.1) is 11.2 Å². The van der Waals surface area contributed by atoms with E-state index in [1.165, 1.54) is 41.2 Å². The van der Waals surface area contributed by atoms with Crippen LogP contribution in [0.5, 0.6) is 11.5 Å². The van der Waals surface area contributed by atoms with E-state index in [4.69, 9.17) is 9.47 Å². The SMILES string of the molecule is CCC1(C(=O)O)CN(CC2=Cc3c(F)cc(OCc4ccc(-n5cccc5)c(C(F)(F)F)c4)cc3OC2)C1. The molecule has 6 nitrogen and oxygen atoms in total. The van der Waals surface area contributed by atoms with Crippen molar-refractivity contribution in [2.75, 3.05) is 26.2 Å². The molecule has 0 unspecified atom stereocenters. The molecule has 2 aliphatic rings. The Morgan fingerprint density at radius 2 is 1.89 bits per heavy atom. The van der Waals surface area contributed by atoms with Crippen molar-refractivity contribution in [2.45, 2.75) is 26.1 Å². The van der Waals surface area contributed by atoms with E-state index in [2.05, 4.69) is 0 Å². The predicted octanol–water partition coefficient (Wildman–Crippen LogP) is 5.79. The molecule has 1 saturated heterocycles. The lowest BCUT2D eigenvalue weighted by molar-refractivity contribution is -0.160. The lowest BCUT2D eigenvalue weighted by atomic mass is 9.77. The van der Waals surface area contributed by atoms with Gasteiger partial charge in [-0.1, -0.05) is 13.0 Å². The summed E-state index contributed by atoms with van der Waals surface area (Å²) < 4.78 is 68.8. The number of rotatable bonds is 8. The van der Waals surface area contributed by atoms with E-state index >= 15 is 0 Å². The molecule has 3 heterocycles. The van der Waals surface area contributed by atoms with Gasteiger partial charge < -0.3 is 19.1 Å². The highest BCUT2D eigenvalue weighted by Crippen LogP contribution is 2.38. The van der Waals surface area contributed by atoms with Crippen LogP contribution < -0.4 is 9.47 Å². The van der Waals surface area contributed by atoms with Gasteiger partial charge in [0.15, 0.2) is 0 Å². The fourth-order valence-electron chi connectivity index (χ4n) is 4.93. The lowest BCUT2D eigenvalue weighted by Crippen LogP contribution is -2.60. The Morgan fingerprint density at radius 1 is 1.16 bits per heavy atom. The van der Waals surface area contributed by atoms with Gasteiger partial charge in [-0.05, 0) is 47.9 Å². The molecule has 0 aliphatic carbocycles. The molecule has 0 spiro atoms. The van der Waals surface area contributed by atoms with Crippen molar-refractivity contribution in [3.8, 4) is 17.2 Å². The van der Waals surface area contributed by atoms with Gasteiger partial charge in [0, 0.05) is 44.2 Å². The molecule has 0 atom stereocenters. The zero-order valence-electron chi connectivity index (χ0n) is 20.6. The van der Waals surface area contributed by atoms with Gasteiger partial charge in [0.05, 0.1) is 22.2 Å². The van der Waals surface area contributed by atoms with E-state index in [1.807, 2.05) is 11.8 Å². The number of carbonyl (C=O) groups is 1. The number of hydrogen-bond acceptors (Lipinski definition) is 4. The molecule has 0 amide bonds. The Hall–Kier alpha value is -3.79. The van der Waals surface area contributed by atoms with Gasteiger partial charge in [0.25, 0.3) is 0 Å². The third kappa shape index (κ3) is 5.00. The van der Waals surface area contributed by atoms with Crippen LogP contribution in [0.15, 0.2) is 60.4 Å². The van der Waals surface area contributed by atoms with Gasteiger partial charge in [0.2, 0.25) is 0 Å². The maximum atomic E-state index is 14.9. The summed E-state index contributed by atoms with van der Waals surface area (Å²) in [7, 11) is 0. The van der Waals surface area contributed by atoms with E-state index in [0.29, 0.717) is 26.1 Å². The largest absolute Gasteiger partial charge is 0.489 e. The topological polar surface area (TPSA) is 63.9 Å². The highest BCUT2D eigenvalue weighted by atomic mass is 19.4. The number of carboxylic acid groups (broad SMARTS) is 1. The van der Waals surface area contributed by atoms with Crippen LogP contribution in [0.1, 0.15) is 30.0 Å². The highest BCUT2D eigenvalue weighted by molar-refractivity contribution is 5.76. The van der Waals surface area contributed by atoms with Crippen molar-refractivity contribution in [2.24, 2.45) is 5.41 Å². The molecule has 1 fully saturated rings. The standard InChI is InChI=1S/C28H26F4N2O4/c1-2-27(26(35)36)16-33(17-27)13-19-9-21-23(29)11-20(12-25(21)38-15-19)37-14-18-5-6-24(34-7-3-4-8-34)22(10-18)28(30,31)32/h3-12H,2,13-17H2,1H3,(H,35,36). The summed E-state index contributed by atoms with van der Waals surface area (Å²) in [5.41, 5.74) is -0.155. The summed E-state index contributed by atoms with van der Waals surface area (Å²) in [6.45, 7) is 3.22. The Bertz CT molecular complexity index is 1380. The molecule has 0 radical (unpaired) electrons. The molecule has 3 aromatic rings. The number of ether oxygens (including phenoxy) is 2. The third-order valence-corrected chi connectivity index (χ3v) is 7.09. The maximum Gasteiger partial charge on any atom is 0.418 e. The minimum absolute atomic E-state index is 0.00337. The van der Waals surface area contributed by atoms with E-state index < -0.39 is 28.9 Å². The molecule has 10 heteroatoms. The summed E-state index contributed by atoms with van der Waals surface area (Å²) in [6.07, 6.45) is 0.750. The number of alkyl halides is 3. The molecule has 0 saturated carbocycles. The third-order valence-electron chi connectivity index (χ3n) is 7.09. The van der Waals surface area contributed by atoms with E-state index in [0.717, 1.165) is 11.6 Å². The quantitative estimate of drug-likeness (QED) is 0.374. The van der Waals surface area contributed by atoms with Crippen LogP contribution in [-0.4, -0.2) is 46.8 Å². The van der Waals surface area contributed by atoms with Crippen molar-refractivity contribution >= 4 is 12.0 Å². The fraction of sp³-hybridized carbons (Fsp3) is 0.321. The van der Waals surface area contributed by atoms with Crippen molar-refractivity contribution < 1.29 is 36.9 Å². The molecule has 38 heavy (non-hydrogen) atoms. The average Bonchev–Trinajstić information content (AvgIpc) is 3.39. The summed E-state index contributed by atoms with van der Waals surface area (Å²) in [6, 6.07) is 9.93. The highest BCUT2D eigenvalue weighted by Gasteiger charge is 2.48. The molecule has 1 N–H and O–H groups in total. The second-order valence-electron chi connectivity index (χ2n) is 9.72. The number of benzene rings is 2. The first-order valence-electron chi connectivity index (χ1n) is 12.2. The van der Waals surface area contributed by atoms with Crippen LogP contribution in [0.3, 0.4) is 0 Å². The first-order valence-corrected chi connectivity index (χ1v) is 12.2. The van der Waals surface area contributed by atoms with Crippen molar-refractivity contribution in [1.82, 2.24) is 9.47 Å². The van der Waals surface area contributed by atoms with Gasteiger partial charge >= 0.3 is 12.1 Å². The van der Waals surface area contributed by atoms with E-state index in [-0.39, 0.29) is 41.5 Å². The maximum absolute atomic E-state index is 14.9. The Labute approximate surface area is 216 Å². The summed E-state index contributed by atoms with van der Waals surface area (Å²) in [4.78, 5) is 13.5. The molecular formula is C28H26F4N2O4. The monoisotopic (exact) mass is 530 g/mol. The Kier molecular flexibility index (Phi) is 6.68. The van der Waals surface area contributed by atoms with Crippen LogP contribution in [0.4, 0.5) is 17.6 Å². The average molecular weight is 531 g/mol. The van der Waals surface area contributed by atoms with Crippen molar-refractivity contribution in [3.63, 3.8) is 0 Å². The Balaban J connectivity index is 1.27. The molecule has 200 valence electrons. The van der Waals surface area contributed by atoms with Gasteiger partial charge in [-0.15, -0.1) is 0 Å². The number of hydrogen-bond donors (Lipinski definition) is 1. The number of likely N-dealkylation sites (tertiary alicyclic amines) is 1. The molecule has 2 aliphatic heterocycles. The van der Waals surface area contributed by atoms with Crippen LogP contribution in [0.2, 0.25) is 0 Å². The van der Waals surface area contributed by atoms with Crippen LogP contribution in [-0.2, 0) is 17.6 Å². The molecule has 5 rings (SSSR count). The number of nitrogens with zero attached hydrogens (tertiary/aromatic N) is 2. The van der Waals surface area contributed by atoms with Crippen LogP contribution >= 0.6 is 0 Å². The van der Waals surface area contributed by atoms with E-state index in [9.17, 15) is 27.5 Å². The number of aromatic nitrogens is 1. The van der Waals surface area contributed by atoms with Crippen LogP contribution in [0.25, 0.3) is 11.8 Å². The summed E-state index contributed by atoms with van der Waals surface area (Å²) in [5, 5.41) is 9.44. The second kappa shape index (κ2) is 9.83. The van der Waals surface area contributed by atoms with Gasteiger partial charge in [-0.3, -0.25) is 9.69 Å². The minimum atomic E-state index is -4.56. The number of aliphatic carboxylic acids is 1. The van der Waals surface area contributed by atoms with Gasteiger partial charge in [0.1, 0.15) is 30.5 Å². The van der Waals surface area contributed by atoms with Gasteiger partial charge in [-0.25, -0.2) is 4.39 Å². The minimum Gasteiger partial charge on any atom is -0.489 e. The number of fused-ring (bicyclic) bond motifs is 1. The molecule has 2 aromatic carbocycles. The normalized spacial score (nSPS) is 16.7. The smallest absolute Gasteiger partial charge is 0.418 e. The molecular weight excluding hydrogens is 504 g/mol. The lowest BCUT2D eigenvalue weighted by Gasteiger charge is -2.47. The number of carboxylic acids is 1. The first-order chi connectivity index (χ1) is 18.1. The predicted molar refractivity (Wildman–Crippen MR) is 132 cm³/mol. The molecule has 1 aromatic heterocycles. The fourth-order valence-corrected chi connectivity index (χ4v) is 4.93. The van der Waals surface area contributed by atoms with Gasteiger partial charge in [-0.2, -0.15) is 13.2 Å². The summed E-state index contributed by atoms with van der Waals surface area (Å²) >= 11 is 0. The zero-order valence-corrected chi connectivity index (χ0v) is 20.6.